The van der Waals surface area contributed by atoms with Gasteiger partial charge in [0.15, 0.2) is 6.61 Å². The Morgan fingerprint density at radius 1 is 1.23 bits per heavy atom. The van der Waals surface area contributed by atoms with Gasteiger partial charge >= 0.3 is 5.97 Å². The van der Waals surface area contributed by atoms with Crippen molar-refractivity contribution < 1.29 is 18.7 Å². The lowest BCUT2D eigenvalue weighted by Crippen LogP contribution is -2.27. The molecule has 0 aliphatic carbocycles. The van der Waals surface area contributed by atoms with Crippen molar-refractivity contribution in [1.82, 2.24) is 5.32 Å². The highest BCUT2D eigenvalue weighted by atomic mass is 79.9. The third kappa shape index (κ3) is 5.21. The first kappa shape index (κ1) is 16.0. The van der Waals surface area contributed by atoms with Crippen LogP contribution in [0, 0.1) is 0 Å². The van der Waals surface area contributed by atoms with Crippen LogP contribution in [0.5, 0.6) is 0 Å². The van der Waals surface area contributed by atoms with E-state index in [1.54, 1.807) is 18.2 Å². The molecule has 2 rings (SSSR count). The number of carbonyl (C=O) groups is 2. The van der Waals surface area contributed by atoms with Gasteiger partial charge in [-0.3, -0.25) is 4.79 Å². The van der Waals surface area contributed by atoms with E-state index in [1.807, 2.05) is 24.3 Å². The fourth-order valence-corrected chi connectivity index (χ4v) is 2.02. The minimum Gasteiger partial charge on any atom is -0.467 e. The molecular formula is C16H14BrNO4. The van der Waals surface area contributed by atoms with E-state index in [0.717, 1.165) is 10.0 Å². The molecule has 2 aromatic rings. The van der Waals surface area contributed by atoms with Crippen molar-refractivity contribution in [2.75, 3.05) is 6.61 Å². The molecule has 1 aromatic carbocycles. The Labute approximate surface area is 136 Å². The summed E-state index contributed by atoms with van der Waals surface area (Å²) in [5, 5.41) is 2.58. The predicted octanol–water partition coefficient (Wildman–Crippen LogP) is 2.91. The van der Waals surface area contributed by atoms with Gasteiger partial charge in [0.1, 0.15) is 5.76 Å². The van der Waals surface area contributed by atoms with Crippen LogP contribution in [-0.4, -0.2) is 18.5 Å². The second kappa shape index (κ2) is 8.19. The van der Waals surface area contributed by atoms with Crippen molar-refractivity contribution in [2.45, 2.75) is 6.54 Å². The quantitative estimate of drug-likeness (QED) is 0.632. The Bertz CT molecular complexity index is 665. The van der Waals surface area contributed by atoms with Gasteiger partial charge in [0.2, 0.25) is 0 Å². The molecule has 0 unspecified atom stereocenters. The van der Waals surface area contributed by atoms with E-state index < -0.39 is 5.97 Å². The molecule has 0 fully saturated rings. The van der Waals surface area contributed by atoms with Crippen LogP contribution in [0.3, 0.4) is 0 Å². The van der Waals surface area contributed by atoms with Gasteiger partial charge in [0, 0.05) is 10.5 Å². The number of carbonyl (C=O) groups excluding carboxylic acids is 2. The van der Waals surface area contributed by atoms with E-state index in [4.69, 9.17) is 9.15 Å². The SMILES string of the molecule is O=C(COC(=O)/C=C/c1ccccc1Br)NCc1ccco1. The summed E-state index contributed by atoms with van der Waals surface area (Å²) >= 11 is 3.37. The minimum absolute atomic E-state index is 0.260. The number of esters is 1. The van der Waals surface area contributed by atoms with Gasteiger partial charge in [0.25, 0.3) is 5.91 Å². The Morgan fingerprint density at radius 3 is 2.77 bits per heavy atom. The molecule has 6 heteroatoms. The average Bonchev–Trinajstić information content (AvgIpc) is 3.03. The predicted molar refractivity (Wildman–Crippen MR) is 84.7 cm³/mol. The van der Waals surface area contributed by atoms with E-state index in [9.17, 15) is 9.59 Å². The monoisotopic (exact) mass is 363 g/mol. The van der Waals surface area contributed by atoms with Gasteiger partial charge in [-0.2, -0.15) is 0 Å². The molecule has 1 aromatic heterocycles. The zero-order valence-electron chi connectivity index (χ0n) is 11.6. The zero-order chi connectivity index (χ0) is 15.8. The highest BCUT2D eigenvalue weighted by Gasteiger charge is 2.06. The number of nitrogens with one attached hydrogen (secondary N) is 1. The van der Waals surface area contributed by atoms with Crippen molar-refractivity contribution in [3.05, 3.63) is 64.5 Å². The summed E-state index contributed by atoms with van der Waals surface area (Å²) < 4.78 is 10.8. The van der Waals surface area contributed by atoms with Crippen LogP contribution in [0.1, 0.15) is 11.3 Å². The molecule has 0 radical (unpaired) electrons. The van der Waals surface area contributed by atoms with Crippen LogP contribution < -0.4 is 5.32 Å². The highest BCUT2D eigenvalue weighted by molar-refractivity contribution is 9.10. The fraction of sp³-hybridized carbons (Fsp3) is 0.125. The van der Waals surface area contributed by atoms with Gasteiger partial charge < -0.3 is 14.5 Å². The standard InChI is InChI=1S/C16H14BrNO4/c17-14-6-2-1-4-12(14)7-8-16(20)22-11-15(19)18-10-13-5-3-9-21-13/h1-9H,10-11H2,(H,18,19)/b8-7+. The molecule has 0 saturated heterocycles. The van der Waals surface area contributed by atoms with Crippen LogP contribution in [-0.2, 0) is 20.9 Å². The number of ether oxygens (including phenoxy) is 1. The maximum Gasteiger partial charge on any atom is 0.331 e. The lowest BCUT2D eigenvalue weighted by atomic mass is 10.2. The zero-order valence-corrected chi connectivity index (χ0v) is 13.2. The van der Waals surface area contributed by atoms with E-state index in [-0.39, 0.29) is 19.1 Å². The maximum atomic E-state index is 11.5. The molecule has 114 valence electrons. The Balaban J connectivity index is 1.73. The van der Waals surface area contributed by atoms with E-state index in [2.05, 4.69) is 21.2 Å². The van der Waals surface area contributed by atoms with E-state index >= 15 is 0 Å². The van der Waals surface area contributed by atoms with Crippen molar-refractivity contribution >= 4 is 33.9 Å². The summed E-state index contributed by atoms with van der Waals surface area (Å²) in [5.41, 5.74) is 0.849. The third-order valence-corrected chi connectivity index (χ3v) is 3.41. The van der Waals surface area contributed by atoms with Crippen LogP contribution in [0.25, 0.3) is 6.08 Å². The van der Waals surface area contributed by atoms with Crippen molar-refractivity contribution in [3.8, 4) is 0 Å². The first-order chi connectivity index (χ1) is 10.6. The second-order valence-electron chi connectivity index (χ2n) is 4.32. The summed E-state index contributed by atoms with van der Waals surface area (Å²) in [4.78, 5) is 23.1. The first-order valence-corrected chi connectivity index (χ1v) is 7.33. The fourth-order valence-electron chi connectivity index (χ4n) is 1.60. The number of benzene rings is 1. The summed E-state index contributed by atoms with van der Waals surface area (Å²) in [6.07, 6.45) is 4.42. The average molecular weight is 364 g/mol. The molecule has 0 spiro atoms. The molecule has 0 bridgehead atoms. The molecule has 0 saturated carbocycles. The van der Waals surface area contributed by atoms with Gasteiger partial charge in [-0.15, -0.1) is 0 Å². The third-order valence-electron chi connectivity index (χ3n) is 2.69. The molecule has 0 aliphatic heterocycles. The highest BCUT2D eigenvalue weighted by Crippen LogP contribution is 2.17. The van der Waals surface area contributed by atoms with Crippen molar-refractivity contribution in [2.24, 2.45) is 0 Å². The van der Waals surface area contributed by atoms with Crippen molar-refractivity contribution in [3.63, 3.8) is 0 Å². The smallest absolute Gasteiger partial charge is 0.331 e. The molecule has 0 aliphatic rings. The van der Waals surface area contributed by atoms with Crippen LogP contribution in [0.2, 0.25) is 0 Å². The summed E-state index contributed by atoms with van der Waals surface area (Å²) in [7, 11) is 0. The first-order valence-electron chi connectivity index (χ1n) is 6.53. The van der Waals surface area contributed by atoms with Gasteiger partial charge in [0.05, 0.1) is 12.8 Å². The molecule has 22 heavy (non-hydrogen) atoms. The number of furan rings is 1. The van der Waals surface area contributed by atoms with E-state index in [0.29, 0.717) is 5.76 Å². The largest absolute Gasteiger partial charge is 0.467 e. The molecular weight excluding hydrogens is 350 g/mol. The van der Waals surface area contributed by atoms with Crippen LogP contribution in [0.15, 0.2) is 57.6 Å². The molecule has 1 amide bonds. The number of amides is 1. The second-order valence-corrected chi connectivity index (χ2v) is 5.17. The minimum atomic E-state index is -0.580. The van der Waals surface area contributed by atoms with Crippen LogP contribution >= 0.6 is 15.9 Å². The molecule has 1 heterocycles. The van der Waals surface area contributed by atoms with Crippen molar-refractivity contribution in [1.29, 1.82) is 0 Å². The molecule has 0 atom stereocenters. The van der Waals surface area contributed by atoms with Gasteiger partial charge in [-0.05, 0) is 29.8 Å². The maximum absolute atomic E-state index is 11.5. The van der Waals surface area contributed by atoms with Crippen LogP contribution in [0.4, 0.5) is 0 Å². The van der Waals surface area contributed by atoms with E-state index in [1.165, 1.54) is 12.3 Å². The lowest BCUT2D eigenvalue weighted by molar-refractivity contribution is -0.143. The normalized spacial score (nSPS) is 10.6. The van der Waals surface area contributed by atoms with Gasteiger partial charge in [-0.1, -0.05) is 34.1 Å². The summed E-state index contributed by atoms with van der Waals surface area (Å²) in [6, 6.07) is 10.9. The number of halogens is 1. The topological polar surface area (TPSA) is 68.5 Å². The number of hydrogen-bond donors (Lipinski definition) is 1. The van der Waals surface area contributed by atoms with Gasteiger partial charge in [-0.25, -0.2) is 4.79 Å². The number of hydrogen-bond acceptors (Lipinski definition) is 4. The summed E-state index contributed by atoms with van der Waals surface area (Å²) in [5.74, 6) is -0.337. The Morgan fingerprint density at radius 2 is 2.05 bits per heavy atom. The summed E-state index contributed by atoms with van der Waals surface area (Å²) in [6.45, 7) is -0.0734. The number of rotatable bonds is 6. The molecule has 1 N–H and O–H groups in total. The Kier molecular flexibility index (Phi) is 5.97. The Hall–Kier alpha value is -2.34. The lowest BCUT2D eigenvalue weighted by Gasteiger charge is -2.03. The molecule has 5 nitrogen and oxygen atoms in total.